The Labute approximate surface area is 120 Å². The molecule has 104 valence electrons. The normalized spacial score (nSPS) is 15.9. The van der Waals surface area contributed by atoms with Crippen LogP contribution in [0.3, 0.4) is 0 Å². The minimum Gasteiger partial charge on any atom is -0.490 e. The molecule has 0 aliphatic heterocycles. The minimum atomic E-state index is -0.579. The van der Waals surface area contributed by atoms with Gasteiger partial charge in [-0.15, -0.1) is 0 Å². The first-order valence-electron chi connectivity index (χ1n) is 7.16. The van der Waals surface area contributed by atoms with Crippen LogP contribution in [0.2, 0.25) is 0 Å². The fraction of sp³-hybridized carbons (Fsp3) is 0.333. The van der Waals surface area contributed by atoms with Crippen LogP contribution in [0, 0.1) is 13.8 Å². The van der Waals surface area contributed by atoms with Crippen LogP contribution in [0.4, 0.5) is 0 Å². The van der Waals surface area contributed by atoms with Gasteiger partial charge in [-0.1, -0.05) is 30.3 Å². The second-order valence-electron chi connectivity index (χ2n) is 5.58. The molecule has 3 rings (SSSR count). The van der Waals surface area contributed by atoms with Crippen LogP contribution in [0.15, 0.2) is 42.5 Å². The third-order valence-electron chi connectivity index (χ3n) is 3.96. The van der Waals surface area contributed by atoms with Crippen LogP contribution >= 0.6 is 0 Å². The summed E-state index contributed by atoms with van der Waals surface area (Å²) in [5.74, 6) is 0.893. The van der Waals surface area contributed by atoms with E-state index in [0.717, 1.165) is 35.3 Å². The largest absolute Gasteiger partial charge is 0.490 e. The summed E-state index contributed by atoms with van der Waals surface area (Å²) in [5.41, 5.74) is 4.23. The summed E-state index contributed by atoms with van der Waals surface area (Å²) in [5, 5.41) is 10.5. The Kier molecular flexibility index (Phi) is 3.49. The van der Waals surface area contributed by atoms with Gasteiger partial charge in [-0.05, 0) is 61.1 Å². The summed E-state index contributed by atoms with van der Waals surface area (Å²) in [6.45, 7) is 4.12. The van der Waals surface area contributed by atoms with E-state index in [1.54, 1.807) is 0 Å². The van der Waals surface area contributed by atoms with E-state index >= 15 is 0 Å². The highest BCUT2D eigenvalue weighted by Gasteiger charge is 2.23. The Morgan fingerprint density at radius 1 is 1.05 bits per heavy atom. The van der Waals surface area contributed by atoms with Gasteiger partial charge in [0.2, 0.25) is 0 Å². The van der Waals surface area contributed by atoms with Gasteiger partial charge in [0.05, 0.1) is 6.10 Å². The molecule has 0 heterocycles. The van der Waals surface area contributed by atoms with Crippen LogP contribution in [0.1, 0.15) is 41.2 Å². The van der Waals surface area contributed by atoms with E-state index in [4.69, 9.17) is 4.74 Å². The van der Waals surface area contributed by atoms with Gasteiger partial charge in [0, 0.05) is 0 Å². The number of benzene rings is 2. The molecule has 1 N–H and O–H groups in total. The van der Waals surface area contributed by atoms with Crippen molar-refractivity contribution in [2.75, 3.05) is 0 Å². The third-order valence-corrected chi connectivity index (χ3v) is 3.96. The van der Waals surface area contributed by atoms with Crippen molar-refractivity contribution in [1.82, 2.24) is 0 Å². The van der Waals surface area contributed by atoms with E-state index in [2.05, 4.69) is 19.9 Å². The summed E-state index contributed by atoms with van der Waals surface area (Å²) >= 11 is 0. The fourth-order valence-electron chi connectivity index (χ4n) is 2.36. The third kappa shape index (κ3) is 2.70. The molecule has 2 aromatic carbocycles. The summed E-state index contributed by atoms with van der Waals surface area (Å²) < 4.78 is 5.73. The second kappa shape index (κ2) is 5.29. The lowest BCUT2D eigenvalue weighted by molar-refractivity contribution is 0.219. The van der Waals surface area contributed by atoms with Crippen LogP contribution in [-0.4, -0.2) is 11.2 Å². The summed E-state index contributed by atoms with van der Waals surface area (Å²) in [6, 6.07) is 13.8. The zero-order valence-corrected chi connectivity index (χ0v) is 12.0. The lowest BCUT2D eigenvalue weighted by atomic mass is 9.95. The smallest absolute Gasteiger partial charge is 0.119 e. The maximum atomic E-state index is 10.5. The SMILES string of the molecule is Cc1cccc(C(O)c2ccc(OC3CC3)cc2)c1C. The Morgan fingerprint density at radius 2 is 1.75 bits per heavy atom. The molecule has 20 heavy (non-hydrogen) atoms. The van der Waals surface area contributed by atoms with E-state index < -0.39 is 6.10 Å². The van der Waals surface area contributed by atoms with Crippen LogP contribution < -0.4 is 4.74 Å². The highest BCUT2D eigenvalue weighted by molar-refractivity contribution is 5.40. The van der Waals surface area contributed by atoms with Gasteiger partial charge in [0.25, 0.3) is 0 Å². The van der Waals surface area contributed by atoms with Gasteiger partial charge in [-0.25, -0.2) is 0 Å². The summed E-state index contributed by atoms with van der Waals surface area (Å²) in [6.07, 6.45) is 2.15. The van der Waals surface area contributed by atoms with E-state index in [0.29, 0.717) is 6.10 Å². The lowest BCUT2D eigenvalue weighted by Gasteiger charge is -2.16. The predicted octanol–water partition coefficient (Wildman–Crippen LogP) is 3.93. The molecular weight excluding hydrogens is 248 g/mol. The first-order chi connectivity index (χ1) is 9.65. The van der Waals surface area contributed by atoms with Crippen molar-refractivity contribution in [1.29, 1.82) is 0 Å². The maximum Gasteiger partial charge on any atom is 0.119 e. The molecule has 0 amide bonds. The van der Waals surface area contributed by atoms with E-state index in [-0.39, 0.29) is 0 Å². The van der Waals surface area contributed by atoms with Gasteiger partial charge < -0.3 is 9.84 Å². The van der Waals surface area contributed by atoms with Crippen LogP contribution in [0.25, 0.3) is 0 Å². The van der Waals surface area contributed by atoms with Gasteiger partial charge in [-0.3, -0.25) is 0 Å². The average molecular weight is 268 g/mol. The van der Waals surface area contributed by atoms with Crippen molar-refractivity contribution in [2.45, 2.75) is 38.9 Å². The molecule has 1 aliphatic carbocycles. The molecule has 0 saturated heterocycles. The number of aliphatic hydroxyl groups excluding tert-OH is 1. The van der Waals surface area contributed by atoms with E-state index in [9.17, 15) is 5.11 Å². The Balaban J connectivity index is 1.82. The number of aryl methyl sites for hydroxylation is 1. The van der Waals surface area contributed by atoms with Crippen molar-refractivity contribution < 1.29 is 9.84 Å². The minimum absolute atomic E-state index is 0.407. The molecule has 0 bridgehead atoms. The van der Waals surface area contributed by atoms with Gasteiger partial charge >= 0.3 is 0 Å². The Bertz CT molecular complexity index is 597. The molecule has 1 aliphatic rings. The standard InChI is InChI=1S/C18H20O2/c1-12-4-3-5-17(13(12)2)18(19)14-6-8-15(9-7-14)20-16-10-11-16/h3-9,16,18-19H,10-11H2,1-2H3. The molecule has 2 nitrogen and oxygen atoms in total. The van der Waals surface area contributed by atoms with Gasteiger partial charge in [0.1, 0.15) is 11.9 Å². The molecule has 1 fully saturated rings. The lowest BCUT2D eigenvalue weighted by Crippen LogP contribution is -2.03. The molecule has 2 aromatic rings. The summed E-state index contributed by atoms with van der Waals surface area (Å²) in [4.78, 5) is 0. The van der Waals surface area contributed by atoms with Crippen molar-refractivity contribution >= 4 is 0 Å². The number of hydrogen-bond acceptors (Lipinski definition) is 2. The zero-order valence-electron chi connectivity index (χ0n) is 12.0. The van der Waals surface area contributed by atoms with Crippen LogP contribution in [0.5, 0.6) is 5.75 Å². The molecule has 0 spiro atoms. The van der Waals surface area contributed by atoms with Crippen molar-refractivity contribution in [3.05, 3.63) is 64.7 Å². The predicted molar refractivity (Wildman–Crippen MR) is 80.1 cm³/mol. The van der Waals surface area contributed by atoms with Crippen molar-refractivity contribution in [3.8, 4) is 5.75 Å². The molecule has 1 atom stereocenters. The highest BCUT2D eigenvalue weighted by atomic mass is 16.5. The Morgan fingerprint density at radius 3 is 2.40 bits per heavy atom. The Hall–Kier alpha value is -1.80. The molecule has 1 unspecified atom stereocenters. The average Bonchev–Trinajstić information content (AvgIpc) is 3.26. The van der Waals surface area contributed by atoms with Crippen molar-refractivity contribution in [2.24, 2.45) is 0 Å². The topological polar surface area (TPSA) is 29.5 Å². The number of aliphatic hydroxyl groups is 1. The quantitative estimate of drug-likeness (QED) is 0.910. The monoisotopic (exact) mass is 268 g/mol. The van der Waals surface area contributed by atoms with Crippen molar-refractivity contribution in [3.63, 3.8) is 0 Å². The number of ether oxygens (including phenoxy) is 1. The first kappa shape index (κ1) is 13.2. The number of rotatable bonds is 4. The van der Waals surface area contributed by atoms with E-state index in [1.807, 2.05) is 36.4 Å². The number of hydrogen-bond donors (Lipinski definition) is 1. The van der Waals surface area contributed by atoms with E-state index in [1.165, 1.54) is 5.56 Å². The fourth-order valence-corrected chi connectivity index (χ4v) is 2.36. The molecule has 1 saturated carbocycles. The molecule has 0 radical (unpaired) electrons. The zero-order chi connectivity index (χ0) is 14.1. The molecular formula is C18H20O2. The van der Waals surface area contributed by atoms with Gasteiger partial charge in [0.15, 0.2) is 0 Å². The van der Waals surface area contributed by atoms with Gasteiger partial charge in [-0.2, -0.15) is 0 Å². The first-order valence-corrected chi connectivity index (χ1v) is 7.16. The molecule has 0 aromatic heterocycles. The molecule has 2 heteroatoms. The maximum absolute atomic E-state index is 10.5. The van der Waals surface area contributed by atoms with Crippen LogP contribution in [-0.2, 0) is 0 Å². The second-order valence-corrected chi connectivity index (χ2v) is 5.58. The highest BCUT2D eigenvalue weighted by Crippen LogP contribution is 2.30. The summed E-state index contributed by atoms with van der Waals surface area (Å²) in [7, 11) is 0.